The molecule has 0 aliphatic carbocycles. The minimum Gasteiger partial charge on any atom is -0.350 e. The second-order valence-corrected chi connectivity index (χ2v) is 6.81. The molecule has 3 rings (SSSR count). The molecule has 0 saturated heterocycles. The van der Waals surface area contributed by atoms with Crippen LogP contribution >= 0.6 is 0 Å². The average molecular weight is 385 g/mol. The molecule has 6 nitrogen and oxygen atoms in total. The first kappa shape index (κ1) is 20.1. The molecule has 2 aromatic carbocycles. The largest absolute Gasteiger partial charge is 0.350 e. The molecule has 146 valence electrons. The van der Waals surface area contributed by atoms with Gasteiger partial charge in [0.1, 0.15) is 11.6 Å². The summed E-state index contributed by atoms with van der Waals surface area (Å²) in [4.78, 5) is 14.4. The molecule has 1 amide bonds. The number of nitrogens with zero attached hydrogens (tertiary/aromatic N) is 4. The fourth-order valence-electron chi connectivity index (χ4n) is 2.82. The van der Waals surface area contributed by atoms with Crippen molar-refractivity contribution in [3.63, 3.8) is 0 Å². The number of aromatic nitrogens is 2. The van der Waals surface area contributed by atoms with E-state index in [0.717, 1.165) is 11.3 Å². The van der Waals surface area contributed by atoms with Gasteiger partial charge in [0.2, 0.25) is 0 Å². The van der Waals surface area contributed by atoms with Crippen LogP contribution in [-0.4, -0.2) is 47.8 Å². The molecular formula is C23H23N5O. The number of carbonyl (C=O) groups excluding carboxylic acids is 1. The Kier molecular flexibility index (Phi) is 6.56. The van der Waals surface area contributed by atoms with E-state index in [2.05, 4.69) is 5.32 Å². The van der Waals surface area contributed by atoms with Gasteiger partial charge in [0.15, 0.2) is 0 Å². The Hall–Kier alpha value is -3.69. The van der Waals surface area contributed by atoms with E-state index in [4.69, 9.17) is 5.10 Å². The van der Waals surface area contributed by atoms with Gasteiger partial charge in [-0.1, -0.05) is 48.5 Å². The molecule has 0 saturated carbocycles. The van der Waals surface area contributed by atoms with Crippen molar-refractivity contribution in [3.05, 3.63) is 78.0 Å². The summed E-state index contributed by atoms with van der Waals surface area (Å²) in [6.07, 6.45) is 3.43. The monoisotopic (exact) mass is 385 g/mol. The van der Waals surface area contributed by atoms with Crippen LogP contribution in [0.25, 0.3) is 23.0 Å². The summed E-state index contributed by atoms with van der Waals surface area (Å²) in [6, 6.07) is 21.5. The second-order valence-electron chi connectivity index (χ2n) is 6.81. The van der Waals surface area contributed by atoms with Crippen molar-refractivity contribution in [3.8, 4) is 23.0 Å². The zero-order valence-corrected chi connectivity index (χ0v) is 16.5. The molecule has 0 aliphatic heterocycles. The van der Waals surface area contributed by atoms with Crippen LogP contribution in [0.5, 0.6) is 0 Å². The lowest BCUT2D eigenvalue weighted by atomic mass is 10.1. The Morgan fingerprint density at radius 2 is 1.79 bits per heavy atom. The van der Waals surface area contributed by atoms with Crippen molar-refractivity contribution in [1.82, 2.24) is 20.0 Å². The Morgan fingerprint density at radius 1 is 1.14 bits per heavy atom. The third-order valence-electron chi connectivity index (χ3n) is 4.32. The van der Waals surface area contributed by atoms with Crippen molar-refractivity contribution in [1.29, 1.82) is 5.26 Å². The highest BCUT2D eigenvalue weighted by Crippen LogP contribution is 2.25. The van der Waals surface area contributed by atoms with Gasteiger partial charge in [-0.05, 0) is 32.3 Å². The van der Waals surface area contributed by atoms with E-state index in [-0.39, 0.29) is 11.5 Å². The molecular weight excluding hydrogens is 362 g/mol. The molecule has 0 fully saturated rings. The maximum Gasteiger partial charge on any atom is 0.262 e. The Balaban J connectivity index is 1.98. The van der Waals surface area contributed by atoms with Crippen molar-refractivity contribution in [2.24, 2.45) is 0 Å². The summed E-state index contributed by atoms with van der Waals surface area (Å²) in [6.45, 7) is 1.17. The third-order valence-corrected chi connectivity index (χ3v) is 4.32. The van der Waals surface area contributed by atoms with Gasteiger partial charge in [-0.15, -0.1) is 0 Å². The number of benzene rings is 2. The van der Waals surface area contributed by atoms with Crippen molar-refractivity contribution in [2.75, 3.05) is 27.2 Å². The topological polar surface area (TPSA) is 74.0 Å². The molecule has 0 radical (unpaired) electrons. The third kappa shape index (κ3) is 5.18. The lowest BCUT2D eigenvalue weighted by molar-refractivity contribution is -0.117. The SMILES string of the molecule is CN(C)CCNC(=O)C(C#N)=Cc1cn(-c2ccccc2)nc1-c1ccccc1. The lowest BCUT2D eigenvalue weighted by Crippen LogP contribution is -2.31. The smallest absolute Gasteiger partial charge is 0.262 e. The minimum atomic E-state index is -0.388. The summed E-state index contributed by atoms with van der Waals surface area (Å²) < 4.78 is 1.76. The standard InChI is InChI=1S/C23H23N5O/c1-27(2)14-13-25-23(29)19(16-24)15-20-17-28(21-11-7-4-8-12-21)26-22(20)18-9-5-3-6-10-18/h3-12,15,17H,13-14H2,1-2H3,(H,25,29). The quantitative estimate of drug-likeness (QED) is 0.501. The van der Waals surface area contributed by atoms with E-state index >= 15 is 0 Å². The van der Waals surface area contributed by atoms with Gasteiger partial charge in [-0.25, -0.2) is 4.68 Å². The maximum absolute atomic E-state index is 12.4. The summed E-state index contributed by atoms with van der Waals surface area (Å²) in [5.74, 6) is -0.388. The van der Waals surface area contributed by atoms with Crippen LogP contribution in [0.3, 0.4) is 0 Å². The number of hydrogen-bond acceptors (Lipinski definition) is 4. The van der Waals surface area contributed by atoms with E-state index in [1.165, 1.54) is 0 Å². The van der Waals surface area contributed by atoms with Gasteiger partial charge >= 0.3 is 0 Å². The Labute approximate surface area is 170 Å². The van der Waals surface area contributed by atoms with E-state index in [1.54, 1.807) is 10.8 Å². The zero-order valence-electron chi connectivity index (χ0n) is 16.5. The van der Waals surface area contributed by atoms with Crippen LogP contribution in [-0.2, 0) is 4.79 Å². The van der Waals surface area contributed by atoms with Gasteiger partial charge in [0, 0.05) is 30.4 Å². The number of hydrogen-bond donors (Lipinski definition) is 1. The average Bonchev–Trinajstić information content (AvgIpc) is 3.17. The van der Waals surface area contributed by atoms with E-state index in [9.17, 15) is 10.1 Å². The van der Waals surface area contributed by atoms with Crippen molar-refractivity contribution >= 4 is 12.0 Å². The van der Waals surface area contributed by atoms with Crippen molar-refractivity contribution < 1.29 is 4.79 Å². The predicted octanol–water partition coefficient (Wildman–Crippen LogP) is 3.12. The lowest BCUT2D eigenvalue weighted by Gasteiger charge is -2.09. The molecule has 1 heterocycles. The first-order valence-electron chi connectivity index (χ1n) is 9.33. The van der Waals surface area contributed by atoms with Gasteiger partial charge in [-0.3, -0.25) is 4.79 Å². The highest BCUT2D eigenvalue weighted by atomic mass is 16.1. The first-order valence-corrected chi connectivity index (χ1v) is 9.33. The van der Waals surface area contributed by atoms with Gasteiger partial charge in [-0.2, -0.15) is 10.4 Å². The van der Waals surface area contributed by atoms with E-state index < -0.39 is 0 Å². The van der Waals surface area contributed by atoms with Gasteiger partial charge < -0.3 is 10.2 Å². The first-order chi connectivity index (χ1) is 14.1. The zero-order chi connectivity index (χ0) is 20.6. The fourth-order valence-corrected chi connectivity index (χ4v) is 2.82. The second kappa shape index (κ2) is 9.49. The number of para-hydroxylation sites is 1. The Bertz CT molecular complexity index is 1030. The van der Waals surface area contributed by atoms with Crippen molar-refractivity contribution in [2.45, 2.75) is 0 Å². The van der Waals surface area contributed by atoms with Crippen LogP contribution in [0, 0.1) is 11.3 Å². The fraction of sp³-hybridized carbons (Fsp3) is 0.174. The molecule has 0 unspecified atom stereocenters. The number of nitrogens with one attached hydrogen (secondary N) is 1. The van der Waals surface area contributed by atoms with Crippen LogP contribution in [0.4, 0.5) is 0 Å². The van der Waals surface area contributed by atoms with E-state index in [0.29, 0.717) is 24.3 Å². The number of carbonyl (C=O) groups is 1. The maximum atomic E-state index is 12.4. The van der Waals surface area contributed by atoms with Crippen LogP contribution in [0.1, 0.15) is 5.56 Å². The van der Waals surface area contributed by atoms with Crippen LogP contribution in [0.2, 0.25) is 0 Å². The molecule has 3 aromatic rings. The highest BCUT2D eigenvalue weighted by molar-refractivity contribution is 6.02. The molecule has 0 aliphatic rings. The summed E-state index contributed by atoms with van der Waals surface area (Å²) in [5, 5.41) is 17.0. The van der Waals surface area contributed by atoms with Crippen LogP contribution < -0.4 is 5.32 Å². The molecule has 0 spiro atoms. The molecule has 6 heteroatoms. The molecule has 1 aromatic heterocycles. The number of likely N-dealkylation sites (N-methyl/N-ethyl adjacent to an activating group) is 1. The van der Waals surface area contributed by atoms with E-state index in [1.807, 2.05) is 91.9 Å². The number of rotatable bonds is 7. The van der Waals surface area contributed by atoms with Crippen LogP contribution in [0.15, 0.2) is 72.4 Å². The Morgan fingerprint density at radius 3 is 2.41 bits per heavy atom. The van der Waals surface area contributed by atoms with Gasteiger partial charge in [0.25, 0.3) is 5.91 Å². The highest BCUT2D eigenvalue weighted by Gasteiger charge is 2.14. The summed E-state index contributed by atoms with van der Waals surface area (Å²) in [7, 11) is 3.86. The summed E-state index contributed by atoms with van der Waals surface area (Å²) >= 11 is 0. The number of amides is 1. The number of nitriles is 1. The molecule has 0 bridgehead atoms. The molecule has 1 N–H and O–H groups in total. The summed E-state index contributed by atoms with van der Waals surface area (Å²) in [5.41, 5.74) is 3.29. The minimum absolute atomic E-state index is 0.0496. The predicted molar refractivity (Wildman–Crippen MR) is 114 cm³/mol. The molecule has 0 atom stereocenters. The normalized spacial score (nSPS) is 11.3. The molecule has 29 heavy (non-hydrogen) atoms. The van der Waals surface area contributed by atoms with Gasteiger partial charge in [0.05, 0.1) is 11.4 Å².